The molecule has 0 aliphatic rings. The van der Waals surface area contributed by atoms with Gasteiger partial charge in [-0.25, -0.2) is 5.84 Å². The Labute approximate surface area is 91.4 Å². The smallest absolute Gasteiger partial charge is 0.110 e. The summed E-state index contributed by atoms with van der Waals surface area (Å²) >= 11 is 0. The van der Waals surface area contributed by atoms with E-state index in [9.17, 15) is 0 Å². The molecule has 1 aromatic carbocycles. The third kappa shape index (κ3) is 4.61. The van der Waals surface area contributed by atoms with Crippen LogP contribution >= 0.6 is 0 Å². The van der Waals surface area contributed by atoms with E-state index in [1.807, 2.05) is 13.0 Å². The quantitative estimate of drug-likeness (QED) is 0.334. The van der Waals surface area contributed by atoms with Crippen molar-refractivity contribution in [3.63, 3.8) is 0 Å². The average Bonchev–Trinajstić information content (AvgIpc) is 2.29. The van der Waals surface area contributed by atoms with Gasteiger partial charge in [0.05, 0.1) is 0 Å². The van der Waals surface area contributed by atoms with Gasteiger partial charge < -0.3 is 5.43 Å². The van der Waals surface area contributed by atoms with Gasteiger partial charge in [0.1, 0.15) is 5.84 Å². The summed E-state index contributed by atoms with van der Waals surface area (Å²) in [6.07, 6.45) is 3.07. The van der Waals surface area contributed by atoms with Crippen LogP contribution in [0.4, 0.5) is 0 Å². The number of amidine groups is 1. The van der Waals surface area contributed by atoms with Crippen LogP contribution in [0.3, 0.4) is 0 Å². The van der Waals surface area contributed by atoms with Gasteiger partial charge in [0.25, 0.3) is 0 Å². The zero-order valence-corrected chi connectivity index (χ0v) is 9.24. The molecule has 0 bridgehead atoms. The first-order chi connectivity index (χ1) is 7.36. The molecule has 3 nitrogen and oxygen atoms in total. The van der Waals surface area contributed by atoms with Gasteiger partial charge in [0.15, 0.2) is 0 Å². The summed E-state index contributed by atoms with van der Waals surface area (Å²) in [7, 11) is 0. The lowest BCUT2D eigenvalue weighted by atomic mass is 10.1. The van der Waals surface area contributed by atoms with Gasteiger partial charge in [-0.1, -0.05) is 30.3 Å². The Kier molecular flexibility index (Phi) is 5.48. The molecule has 0 aliphatic heterocycles. The fraction of sp³-hybridized carbons (Fsp3) is 0.417. The van der Waals surface area contributed by atoms with E-state index >= 15 is 0 Å². The number of aryl methyl sites for hydroxylation is 1. The summed E-state index contributed by atoms with van der Waals surface area (Å²) < 4.78 is 0. The number of benzene rings is 1. The zero-order valence-electron chi connectivity index (χ0n) is 9.24. The maximum absolute atomic E-state index is 5.36. The normalized spacial score (nSPS) is 11.5. The Morgan fingerprint density at radius 2 is 2.07 bits per heavy atom. The van der Waals surface area contributed by atoms with E-state index in [0.717, 1.165) is 31.6 Å². The molecule has 0 atom stereocenters. The fourth-order valence-electron chi connectivity index (χ4n) is 1.49. The van der Waals surface area contributed by atoms with Gasteiger partial charge in [-0.2, -0.15) is 0 Å². The summed E-state index contributed by atoms with van der Waals surface area (Å²) in [5, 5.41) is 0. The Morgan fingerprint density at radius 1 is 1.33 bits per heavy atom. The Hall–Kier alpha value is -1.35. The molecule has 0 spiro atoms. The first-order valence-corrected chi connectivity index (χ1v) is 5.40. The molecule has 0 unspecified atom stereocenters. The summed E-state index contributed by atoms with van der Waals surface area (Å²) in [4.78, 5) is 4.25. The molecule has 82 valence electrons. The second kappa shape index (κ2) is 7.01. The van der Waals surface area contributed by atoms with E-state index < -0.39 is 0 Å². The molecule has 0 aromatic heterocycles. The first kappa shape index (κ1) is 11.7. The predicted molar refractivity (Wildman–Crippen MR) is 64.7 cm³/mol. The van der Waals surface area contributed by atoms with Crippen molar-refractivity contribution in [3.05, 3.63) is 35.9 Å². The molecule has 0 saturated heterocycles. The lowest BCUT2D eigenvalue weighted by Gasteiger charge is -2.05. The van der Waals surface area contributed by atoms with Crippen molar-refractivity contribution in [1.82, 2.24) is 5.43 Å². The van der Waals surface area contributed by atoms with Gasteiger partial charge >= 0.3 is 0 Å². The number of hydrogen-bond acceptors (Lipinski definition) is 2. The highest BCUT2D eigenvalue weighted by Crippen LogP contribution is 2.04. The van der Waals surface area contributed by atoms with Crippen molar-refractivity contribution >= 4 is 5.84 Å². The molecule has 0 heterocycles. The summed E-state index contributed by atoms with van der Waals surface area (Å²) in [5.41, 5.74) is 4.01. The minimum Gasteiger partial charge on any atom is -0.312 e. The van der Waals surface area contributed by atoms with Gasteiger partial charge in [0.2, 0.25) is 0 Å². The lowest BCUT2D eigenvalue weighted by molar-refractivity contribution is 0.824. The maximum atomic E-state index is 5.36. The predicted octanol–water partition coefficient (Wildman–Crippen LogP) is 1.89. The van der Waals surface area contributed by atoms with Crippen LogP contribution in [0.1, 0.15) is 25.3 Å². The van der Waals surface area contributed by atoms with Gasteiger partial charge in [-0.3, -0.25) is 4.99 Å². The van der Waals surface area contributed by atoms with Crippen molar-refractivity contribution in [3.8, 4) is 0 Å². The van der Waals surface area contributed by atoms with E-state index in [4.69, 9.17) is 5.84 Å². The van der Waals surface area contributed by atoms with Crippen LogP contribution in [-0.4, -0.2) is 12.4 Å². The van der Waals surface area contributed by atoms with Crippen LogP contribution < -0.4 is 11.3 Å². The van der Waals surface area contributed by atoms with Crippen LogP contribution in [0.25, 0.3) is 0 Å². The van der Waals surface area contributed by atoms with Crippen molar-refractivity contribution in [2.24, 2.45) is 10.8 Å². The molecule has 0 saturated carbocycles. The van der Waals surface area contributed by atoms with Crippen molar-refractivity contribution in [2.75, 3.05) is 6.54 Å². The SMILES string of the molecule is CCN=C(CCCc1ccccc1)NN. The third-order valence-electron chi connectivity index (χ3n) is 2.24. The van der Waals surface area contributed by atoms with E-state index in [-0.39, 0.29) is 0 Å². The highest BCUT2D eigenvalue weighted by atomic mass is 15.2. The first-order valence-electron chi connectivity index (χ1n) is 5.40. The molecule has 1 aromatic rings. The molecule has 3 N–H and O–H groups in total. The Morgan fingerprint density at radius 3 is 2.67 bits per heavy atom. The van der Waals surface area contributed by atoms with Gasteiger partial charge in [0, 0.05) is 13.0 Å². The number of hydrazine groups is 1. The van der Waals surface area contributed by atoms with Gasteiger partial charge in [-0.15, -0.1) is 0 Å². The summed E-state index contributed by atoms with van der Waals surface area (Å²) in [6.45, 7) is 2.79. The highest BCUT2D eigenvalue weighted by Gasteiger charge is 1.97. The summed E-state index contributed by atoms with van der Waals surface area (Å²) in [5.74, 6) is 6.25. The molecule has 1 rings (SSSR count). The Bertz CT molecular complexity index is 293. The molecule has 0 fully saturated rings. The highest BCUT2D eigenvalue weighted by molar-refractivity contribution is 5.81. The van der Waals surface area contributed by atoms with Gasteiger partial charge in [-0.05, 0) is 25.3 Å². The number of nitrogens with two attached hydrogens (primary N) is 1. The molecular formula is C12H19N3. The van der Waals surface area contributed by atoms with Crippen LogP contribution in [0.5, 0.6) is 0 Å². The van der Waals surface area contributed by atoms with Crippen molar-refractivity contribution in [2.45, 2.75) is 26.2 Å². The lowest BCUT2D eigenvalue weighted by Crippen LogP contribution is -2.30. The summed E-state index contributed by atoms with van der Waals surface area (Å²) in [6, 6.07) is 10.5. The molecule has 15 heavy (non-hydrogen) atoms. The van der Waals surface area contributed by atoms with Crippen LogP contribution in [0.15, 0.2) is 35.3 Å². The second-order valence-corrected chi connectivity index (χ2v) is 3.40. The monoisotopic (exact) mass is 205 g/mol. The van der Waals surface area contributed by atoms with Crippen molar-refractivity contribution < 1.29 is 0 Å². The largest absolute Gasteiger partial charge is 0.312 e. The number of rotatable bonds is 5. The van der Waals surface area contributed by atoms with E-state index in [1.165, 1.54) is 5.56 Å². The Balaban J connectivity index is 2.30. The average molecular weight is 205 g/mol. The number of aliphatic imine (C=N–C) groups is 1. The van der Waals surface area contributed by atoms with Crippen LogP contribution in [0, 0.1) is 0 Å². The zero-order chi connectivity index (χ0) is 10.9. The molecule has 0 aliphatic carbocycles. The molecule has 0 radical (unpaired) electrons. The fourth-order valence-corrected chi connectivity index (χ4v) is 1.49. The number of hydrogen-bond donors (Lipinski definition) is 2. The van der Waals surface area contributed by atoms with Crippen molar-refractivity contribution in [1.29, 1.82) is 0 Å². The van der Waals surface area contributed by atoms with Crippen LogP contribution in [-0.2, 0) is 6.42 Å². The third-order valence-corrected chi connectivity index (χ3v) is 2.24. The molecule has 3 heteroatoms. The number of nitrogens with zero attached hydrogens (tertiary/aromatic N) is 1. The van der Waals surface area contributed by atoms with E-state index in [1.54, 1.807) is 0 Å². The van der Waals surface area contributed by atoms with E-state index in [0.29, 0.717) is 0 Å². The second-order valence-electron chi connectivity index (χ2n) is 3.40. The van der Waals surface area contributed by atoms with Crippen LogP contribution in [0.2, 0.25) is 0 Å². The minimum atomic E-state index is 0.783. The molecular weight excluding hydrogens is 186 g/mol. The maximum Gasteiger partial charge on any atom is 0.110 e. The molecule has 0 amide bonds. The van der Waals surface area contributed by atoms with E-state index in [2.05, 4.69) is 34.7 Å². The minimum absolute atomic E-state index is 0.783. The standard InChI is InChI=1S/C12H19N3/c1-2-14-12(15-13)10-6-9-11-7-4-3-5-8-11/h3-5,7-8H,2,6,9-10,13H2,1H3,(H,14,15). The number of nitrogens with one attached hydrogen (secondary N) is 1. The topological polar surface area (TPSA) is 50.4 Å².